The van der Waals surface area contributed by atoms with Crippen LogP contribution in [0.2, 0.25) is 0 Å². The summed E-state index contributed by atoms with van der Waals surface area (Å²) in [5, 5.41) is 12.5. The molecular formula is C84H97BrN20O5. The molecule has 25 nitrogen and oxygen atoms in total. The highest BCUT2D eigenvalue weighted by atomic mass is 79.9. The van der Waals surface area contributed by atoms with Crippen molar-refractivity contribution < 1.29 is 23.9 Å². The fourth-order valence-electron chi connectivity index (χ4n) is 13.1. The first-order valence-corrected chi connectivity index (χ1v) is 38.0. The Kier molecular flexibility index (Phi) is 26.9. The number of nitrogens with zero attached hydrogens (tertiary/aromatic N) is 12. The molecule has 12 N–H and O–H groups in total. The van der Waals surface area contributed by atoms with Gasteiger partial charge in [-0.25, -0.2) is 49.5 Å². The number of benzene rings is 4. The van der Waals surface area contributed by atoms with Crippen LogP contribution in [0, 0.1) is 17.4 Å². The standard InChI is InChI=1S/C22H26N4O2.C18H17N5.C17H18N4.C11H11N3.C11H19NO3.C5H6BrN3/c1-22(2,3)28-21(27)26-11-7-10-16(14-26)19-24-18-12-17(13-23-20(18)25-19)15-8-5-4-6-9-15;19-12-23-8-4-7-14(11-23)17-21-16-9-15(10-20-18(16)22-17)13-5-2-1-3-6-13;1-2-5-12(6-3-1)14-9-15-17(19-11-14)21-16(20-15)13-7-4-8-18-10-13;12-10-6-9(7-14-11(10)13)8-4-2-1-3-5-8;1-11(2,3)15-10(14)12-6-4-5-9(7-12)8-13;6-3-1-4(7)5(8)9-2-3/h4-6,8-9,12-13,16H,7,10-11,14H2,1-3H3,(H,23,24,25);1-3,5-6,9-10,14H,4,7-8,11H2,(H,20,21,22);1-3,5-6,9,11,13,18H,4,7-8,10H2,(H,19,20,21);1-7H,12H2,(H2,13,14);8-9H,4-7H2,1-3H3;1-2H,7H2,(H2,8,9). The lowest BCUT2D eigenvalue weighted by Gasteiger charge is -2.33. The maximum atomic E-state index is 12.4. The zero-order valence-corrected chi connectivity index (χ0v) is 64.7. The first kappa shape index (κ1) is 79.2. The Morgan fingerprint density at radius 2 is 0.864 bits per heavy atom. The fourth-order valence-corrected chi connectivity index (χ4v) is 13.5. The van der Waals surface area contributed by atoms with Gasteiger partial charge in [0.1, 0.15) is 46.6 Å². The highest BCUT2D eigenvalue weighted by molar-refractivity contribution is 9.10. The summed E-state index contributed by atoms with van der Waals surface area (Å²) < 4.78 is 11.6. The van der Waals surface area contributed by atoms with Gasteiger partial charge in [0.25, 0.3) is 0 Å². The molecule has 4 saturated heterocycles. The van der Waals surface area contributed by atoms with Crippen LogP contribution in [0.1, 0.15) is 128 Å². The lowest BCUT2D eigenvalue weighted by atomic mass is 9.98. The van der Waals surface area contributed by atoms with Crippen molar-refractivity contribution in [1.29, 1.82) is 5.26 Å². The molecule has 0 radical (unpaired) electrons. The maximum absolute atomic E-state index is 12.4. The second-order valence-electron chi connectivity index (χ2n) is 29.6. The summed E-state index contributed by atoms with van der Waals surface area (Å²) in [7, 11) is 0. The number of carbonyl (C=O) groups excluding carboxylic acids is 3. The van der Waals surface area contributed by atoms with Crippen molar-refractivity contribution in [2.75, 3.05) is 75.3 Å². The first-order chi connectivity index (χ1) is 53.0. The predicted molar refractivity (Wildman–Crippen MR) is 438 cm³/mol. The van der Waals surface area contributed by atoms with Crippen molar-refractivity contribution in [2.24, 2.45) is 5.92 Å². The van der Waals surface area contributed by atoms with Gasteiger partial charge in [0.05, 0.1) is 27.9 Å². The lowest BCUT2D eigenvalue weighted by molar-refractivity contribution is -0.112. The number of nitrogens with two attached hydrogens (primary N) is 4. The van der Waals surface area contributed by atoms with Crippen molar-refractivity contribution in [2.45, 2.75) is 122 Å². The lowest BCUT2D eigenvalue weighted by Crippen LogP contribution is -2.43. The molecule has 570 valence electrons. The minimum Gasteiger partial charge on any atom is -0.444 e. The number of halogens is 1. The number of hydrogen-bond acceptors (Lipinski definition) is 20. The summed E-state index contributed by atoms with van der Waals surface area (Å²) in [5.74, 6) is 4.55. The van der Waals surface area contributed by atoms with E-state index in [1.165, 1.54) is 18.4 Å². The molecule has 4 fully saturated rings. The van der Waals surface area contributed by atoms with Crippen molar-refractivity contribution >= 4 is 90.9 Å². The quantitative estimate of drug-likeness (QED) is 0.0517. The van der Waals surface area contributed by atoms with Crippen LogP contribution in [0.25, 0.3) is 78.0 Å². The van der Waals surface area contributed by atoms with Gasteiger partial charge in [0.2, 0.25) is 0 Å². The number of amides is 2. The Bertz CT molecular complexity index is 5040. The van der Waals surface area contributed by atoms with Crippen LogP contribution < -0.4 is 28.3 Å². The number of aldehydes is 1. The van der Waals surface area contributed by atoms with E-state index in [0.29, 0.717) is 54.2 Å². The third kappa shape index (κ3) is 22.4. The summed E-state index contributed by atoms with van der Waals surface area (Å²) in [6.45, 7) is 17.4. The van der Waals surface area contributed by atoms with Gasteiger partial charge in [-0.2, -0.15) is 5.26 Å². The molecule has 4 unspecified atom stereocenters. The molecule has 4 aromatic carbocycles. The van der Waals surface area contributed by atoms with Gasteiger partial charge in [0.15, 0.2) is 23.1 Å². The number of piperidine rings is 4. The maximum Gasteiger partial charge on any atom is 0.410 e. The summed E-state index contributed by atoms with van der Waals surface area (Å²) >= 11 is 3.20. The number of anilines is 4. The second kappa shape index (κ2) is 37.3. The van der Waals surface area contributed by atoms with Gasteiger partial charge in [-0.1, -0.05) is 121 Å². The third-order valence-electron chi connectivity index (χ3n) is 18.8. The van der Waals surface area contributed by atoms with Crippen LogP contribution in [0.5, 0.6) is 0 Å². The van der Waals surface area contributed by atoms with Gasteiger partial charge in [-0.05, 0) is 168 Å². The Morgan fingerprint density at radius 1 is 0.482 bits per heavy atom. The van der Waals surface area contributed by atoms with E-state index in [-0.39, 0.29) is 29.9 Å². The molecule has 110 heavy (non-hydrogen) atoms. The zero-order valence-electron chi connectivity index (χ0n) is 63.1. The smallest absolute Gasteiger partial charge is 0.410 e. The number of rotatable bonds is 8. The molecule has 4 aliphatic heterocycles. The Hall–Kier alpha value is -11.8. The molecule has 16 rings (SSSR count). The van der Waals surface area contributed by atoms with Gasteiger partial charge >= 0.3 is 12.2 Å². The molecular weight excluding hydrogens is 1450 g/mol. The molecule has 8 aromatic heterocycles. The van der Waals surface area contributed by atoms with E-state index in [2.05, 4.69) is 132 Å². The topological polar surface area (TPSA) is 370 Å². The minimum atomic E-state index is -0.485. The van der Waals surface area contributed by atoms with E-state index in [0.717, 1.165) is 166 Å². The zero-order chi connectivity index (χ0) is 77.7. The number of nitriles is 1. The third-order valence-corrected chi connectivity index (χ3v) is 19.2. The number of H-pyrrole nitrogens is 3. The van der Waals surface area contributed by atoms with Crippen molar-refractivity contribution in [3.8, 4) is 50.7 Å². The van der Waals surface area contributed by atoms with Crippen LogP contribution in [-0.2, 0) is 14.3 Å². The number of hydrogen-bond donors (Lipinski definition) is 8. The van der Waals surface area contributed by atoms with Crippen LogP contribution >= 0.6 is 15.9 Å². The Labute approximate surface area is 649 Å². The SMILES string of the molecule is CC(C)(C)OC(=O)N1CCCC(C=O)C1.CC(C)(C)OC(=O)N1CCCC(c2nc3ncc(-c4ccccc4)cc3[nH]2)C1.N#CN1CCCC(c2nc3ncc(-c4ccccc4)cc3[nH]2)C1.Nc1cc(-c2ccccc2)cnc1N.Nc1cc(Br)cnc1N.c1ccc(-c2cnc3nc(C4CCCNC4)[nH]c3c2)cc1. The monoisotopic (exact) mass is 1540 g/mol. The first-order valence-electron chi connectivity index (χ1n) is 37.2. The number of pyridine rings is 5. The molecule has 0 bridgehead atoms. The Morgan fingerprint density at radius 3 is 1.26 bits per heavy atom. The largest absolute Gasteiger partial charge is 0.444 e. The van der Waals surface area contributed by atoms with Crippen molar-refractivity contribution in [3.63, 3.8) is 0 Å². The van der Waals surface area contributed by atoms with E-state index in [1.54, 1.807) is 28.3 Å². The molecule has 2 amide bonds. The minimum absolute atomic E-state index is 0.0220. The van der Waals surface area contributed by atoms with E-state index in [1.807, 2.05) is 156 Å². The second-order valence-corrected chi connectivity index (χ2v) is 30.5. The number of nitrogen functional groups attached to an aromatic ring is 4. The number of aromatic amines is 3. The average Bonchev–Trinajstić information content (AvgIpc) is 1.66. The van der Waals surface area contributed by atoms with E-state index < -0.39 is 11.2 Å². The molecule has 0 saturated carbocycles. The number of ether oxygens (including phenoxy) is 2. The van der Waals surface area contributed by atoms with Crippen LogP contribution in [0.3, 0.4) is 0 Å². The van der Waals surface area contributed by atoms with Crippen molar-refractivity contribution in [3.05, 3.63) is 205 Å². The van der Waals surface area contributed by atoms with Crippen LogP contribution in [-0.4, -0.2) is 152 Å². The highest BCUT2D eigenvalue weighted by Gasteiger charge is 2.31. The van der Waals surface area contributed by atoms with E-state index in [4.69, 9.17) is 42.7 Å². The molecule has 4 aliphatic rings. The van der Waals surface area contributed by atoms with Crippen LogP contribution in [0.4, 0.5) is 32.6 Å². The molecule has 0 spiro atoms. The molecule has 4 atom stereocenters. The van der Waals surface area contributed by atoms with Gasteiger partial charge in [-0.15, -0.1) is 0 Å². The number of likely N-dealkylation sites (tertiary alicyclic amines) is 3. The predicted octanol–water partition coefficient (Wildman–Crippen LogP) is 15.9. The summed E-state index contributed by atoms with van der Waals surface area (Å²) in [5.41, 5.74) is 36.0. The Balaban J connectivity index is 0.000000135. The summed E-state index contributed by atoms with van der Waals surface area (Å²) in [6.07, 6.45) is 19.7. The average molecular weight is 1550 g/mol. The summed E-state index contributed by atoms with van der Waals surface area (Å²) in [6, 6.07) is 50.5. The number of nitrogens with one attached hydrogen (secondary N) is 4. The van der Waals surface area contributed by atoms with Gasteiger partial charge in [-0.3, -0.25) is 0 Å². The van der Waals surface area contributed by atoms with E-state index >= 15 is 0 Å². The summed E-state index contributed by atoms with van der Waals surface area (Å²) in [4.78, 5) is 85.6. The fraction of sp³-hybridized carbons (Fsp3) is 0.333. The number of aromatic nitrogens is 11. The van der Waals surface area contributed by atoms with Gasteiger partial charge in [0, 0.05) is 127 Å². The number of imidazole rings is 3. The van der Waals surface area contributed by atoms with E-state index in [9.17, 15) is 14.4 Å². The molecule has 26 heteroatoms. The molecule has 0 aliphatic carbocycles. The van der Waals surface area contributed by atoms with Crippen LogP contribution in [0.15, 0.2) is 187 Å². The van der Waals surface area contributed by atoms with Gasteiger partial charge < -0.3 is 72.2 Å². The van der Waals surface area contributed by atoms with Crippen molar-refractivity contribution in [1.82, 2.24) is 74.8 Å². The normalized spacial score (nSPS) is 17.0. The molecule has 12 aromatic rings. The number of fused-ring (bicyclic) bond motifs is 3. The molecule has 12 heterocycles. The highest BCUT2D eigenvalue weighted by Crippen LogP contribution is 2.33. The number of carbonyl (C=O) groups is 3.